The van der Waals surface area contributed by atoms with Crippen LogP contribution in [0.25, 0.3) is 0 Å². The molecule has 1 aliphatic carbocycles. The van der Waals surface area contributed by atoms with Gasteiger partial charge < -0.3 is 19.7 Å². The minimum atomic E-state index is -0.810. The number of benzene rings is 1. The largest absolute Gasteiger partial charge is 0.454 e. The number of ether oxygens (including phenoxy) is 2. The van der Waals surface area contributed by atoms with Crippen LogP contribution in [0.3, 0.4) is 0 Å². The first-order valence-corrected chi connectivity index (χ1v) is 10.9. The highest BCUT2D eigenvalue weighted by Gasteiger charge is 2.51. The molecule has 3 aliphatic heterocycles. The summed E-state index contributed by atoms with van der Waals surface area (Å²) >= 11 is 0. The standard InChI is InChI=1S/C23H29N3O5/c1-22(2)8-15-9-23(3,11-22)12-26(15)19(27)7-16-20(28)25(21(29)24-16)10-14-4-5-17-18(6-14)31-13-30-17/h4-6,15-16H,7-13H2,1-3H3,(H,24,29)/t15-,16+,23+/m0/s1. The summed E-state index contributed by atoms with van der Waals surface area (Å²) in [6.45, 7) is 7.81. The predicted octanol–water partition coefficient (Wildman–Crippen LogP) is 2.65. The first-order chi connectivity index (χ1) is 14.6. The molecule has 8 nitrogen and oxygen atoms in total. The molecule has 0 aromatic heterocycles. The van der Waals surface area contributed by atoms with E-state index in [2.05, 4.69) is 26.1 Å². The zero-order valence-corrected chi connectivity index (χ0v) is 18.3. The van der Waals surface area contributed by atoms with Gasteiger partial charge in [0, 0.05) is 12.6 Å². The Balaban J connectivity index is 1.24. The lowest BCUT2D eigenvalue weighted by atomic mass is 9.65. The fourth-order valence-corrected chi connectivity index (χ4v) is 6.13. The van der Waals surface area contributed by atoms with Crippen LogP contribution in [0.1, 0.15) is 52.0 Å². The molecule has 31 heavy (non-hydrogen) atoms. The van der Waals surface area contributed by atoms with Crippen LogP contribution in [0.15, 0.2) is 18.2 Å². The molecule has 0 unspecified atom stereocenters. The first kappa shape index (κ1) is 20.2. The van der Waals surface area contributed by atoms with Crippen molar-refractivity contribution >= 4 is 17.8 Å². The van der Waals surface area contributed by atoms with Crippen LogP contribution in [0.4, 0.5) is 4.79 Å². The van der Waals surface area contributed by atoms with E-state index in [1.165, 1.54) is 4.90 Å². The van der Waals surface area contributed by atoms with E-state index >= 15 is 0 Å². The van der Waals surface area contributed by atoms with E-state index in [0.717, 1.165) is 31.4 Å². The van der Waals surface area contributed by atoms with Crippen LogP contribution < -0.4 is 14.8 Å². The number of carbonyl (C=O) groups excluding carboxylic acids is 3. The summed E-state index contributed by atoms with van der Waals surface area (Å²) < 4.78 is 10.7. The van der Waals surface area contributed by atoms with Gasteiger partial charge in [0.15, 0.2) is 11.5 Å². The Hall–Kier alpha value is -2.77. The molecule has 4 amide bonds. The van der Waals surface area contributed by atoms with Gasteiger partial charge in [0.2, 0.25) is 12.7 Å². The minimum Gasteiger partial charge on any atom is -0.454 e. The van der Waals surface area contributed by atoms with Gasteiger partial charge in [0.25, 0.3) is 5.91 Å². The molecule has 8 heteroatoms. The summed E-state index contributed by atoms with van der Waals surface area (Å²) in [5, 5.41) is 2.70. The van der Waals surface area contributed by atoms with Crippen molar-refractivity contribution in [3.63, 3.8) is 0 Å². The quantitative estimate of drug-likeness (QED) is 0.747. The Labute approximate surface area is 181 Å². The lowest BCUT2D eigenvalue weighted by Gasteiger charge is -2.39. The second kappa shape index (κ2) is 6.87. The Morgan fingerprint density at radius 3 is 2.74 bits per heavy atom. The van der Waals surface area contributed by atoms with Crippen molar-refractivity contribution < 1.29 is 23.9 Å². The number of carbonyl (C=O) groups is 3. The van der Waals surface area contributed by atoms with Crippen molar-refractivity contribution in [2.75, 3.05) is 13.3 Å². The number of amides is 4. The molecule has 0 radical (unpaired) electrons. The fourth-order valence-electron chi connectivity index (χ4n) is 6.13. The zero-order chi connectivity index (χ0) is 22.0. The van der Waals surface area contributed by atoms with Crippen molar-refractivity contribution in [1.82, 2.24) is 15.1 Å². The smallest absolute Gasteiger partial charge is 0.325 e. The van der Waals surface area contributed by atoms with Gasteiger partial charge in [-0.05, 0) is 47.8 Å². The van der Waals surface area contributed by atoms with Crippen LogP contribution in [0.5, 0.6) is 11.5 Å². The van der Waals surface area contributed by atoms with Gasteiger partial charge in [-0.15, -0.1) is 0 Å². The van der Waals surface area contributed by atoms with Gasteiger partial charge in [-0.3, -0.25) is 14.5 Å². The molecule has 1 saturated carbocycles. The molecule has 3 atom stereocenters. The van der Waals surface area contributed by atoms with Crippen LogP contribution in [-0.4, -0.2) is 53.1 Å². The Morgan fingerprint density at radius 2 is 1.94 bits per heavy atom. The van der Waals surface area contributed by atoms with Crippen molar-refractivity contribution in [3.05, 3.63) is 23.8 Å². The first-order valence-electron chi connectivity index (χ1n) is 10.9. The Morgan fingerprint density at radius 1 is 1.16 bits per heavy atom. The molecule has 1 aromatic rings. The third kappa shape index (κ3) is 3.62. The average molecular weight is 428 g/mol. The maximum Gasteiger partial charge on any atom is 0.325 e. The maximum atomic E-state index is 13.1. The lowest BCUT2D eigenvalue weighted by molar-refractivity contribution is -0.136. The summed E-state index contributed by atoms with van der Waals surface area (Å²) in [4.78, 5) is 41.6. The van der Waals surface area contributed by atoms with Crippen molar-refractivity contribution in [2.45, 2.75) is 65.1 Å². The SMILES string of the molecule is CC1(C)C[C@H]2C[C@@](C)(CN2C(=O)C[C@H]2NC(=O)N(Cc3ccc4c(c3)OCO4)C2=O)C1. The topological polar surface area (TPSA) is 88.2 Å². The zero-order valence-electron chi connectivity index (χ0n) is 18.3. The number of nitrogens with zero attached hydrogens (tertiary/aromatic N) is 2. The molecule has 4 aliphatic rings. The number of fused-ring (bicyclic) bond motifs is 3. The summed E-state index contributed by atoms with van der Waals surface area (Å²) in [5.41, 5.74) is 1.12. The third-order valence-electron chi connectivity index (χ3n) is 7.00. The number of likely N-dealkylation sites (tertiary alicyclic amines) is 1. The van der Waals surface area contributed by atoms with Crippen molar-refractivity contribution in [2.24, 2.45) is 10.8 Å². The molecule has 166 valence electrons. The average Bonchev–Trinajstić information content (AvgIpc) is 3.31. The number of hydrogen-bond acceptors (Lipinski definition) is 5. The van der Waals surface area contributed by atoms with Gasteiger partial charge in [-0.25, -0.2) is 4.79 Å². The molecule has 1 N–H and O–H groups in total. The monoisotopic (exact) mass is 427 g/mol. The second-order valence-electron chi connectivity index (χ2n) is 10.6. The van der Waals surface area contributed by atoms with Crippen molar-refractivity contribution in [1.29, 1.82) is 0 Å². The normalized spacial score (nSPS) is 30.7. The summed E-state index contributed by atoms with van der Waals surface area (Å²) in [6.07, 6.45) is 3.11. The van der Waals surface area contributed by atoms with E-state index in [4.69, 9.17) is 9.47 Å². The van der Waals surface area contributed by atoms with Gasteiger partial charge in [0.05, 0.1) is 13.0 Å². The van der Waals surface area contributed by atoms with Gasteiger partial charge in [-0.2, -0.15) is 0 Å². The van der Waals surface area contributed by atoms with Crippen LogP contribution >= 0.6 is 0 Å². The fraction of sp³-hybridized carbons (Fsp3) is 0.609. The highest BCUT2D eigenvalue weighted by Crippen LogP contribution is 2.52. The molecule has 0 spiro atoms. The van der Waals surface area contributed by atoms with Crippen LogP contribution in [0.2, 0.25) is 0 Å². The highest BCUT2D eigenvalue weighted by molar-refractivity contribution is 6.05. The number of nitrogens with one attached hydrogen (secondary N) is 1. The van der Waals surface area contributed by atoms with Crippen molar-refractivity contribution in [3.8, 4) is 11.5 Å². The van der Waals surface area contributed by atoms with E-state index in [1.807, 2.05) is 4.90 Å². The van der Waals surface area contributed by atoms with Gasteiger partial charge in [0.1, 0.15) is 6.04 Å². The second-order valence-corrected chi connectivity index (χ2v) is 10.6. The maximum absolute atomic E-state index is 13.1. The minimum absolute atomic E-state index is 0.00915. The molecular weight excluding hydrogens is 398 g/mol. The van der Waals surface area contributed by atoms with E-state index in [1.54, 1.807) is 18.2 Å². The number of hydrogen-bond donors (Lipinski definition) is 1. The molecule has 5 rings (SSSR count). The summed E-state index contributed by atoms with van der Waals surface area (Å²) in [6, 6.07) is 4.29. The van der Waals surface area contributed by atoms with Gasteiger partial charge in [-0.1, -0.05) is 26.8 Å². The predicted molar refractivity (Wildman–Crippen MR) is 111 cm³/mol. The van der Waals surface area contributed by atoms with E-state index in [9.17, 15) is 14.4 Å². The number of urea groups is 1. The molecule has 3 heterocycles. The van der Waals surface area contributed by atoms with E-state index < -0.39 is 12.1 Å². The molecule has 1 aromatic carbocycles. The number of rotatable bonds is 4. The lowest BCUT2D eigenvalue weighted by Crippen LogP contribution is -2.42. The molecule has 2 saturated heterocycles. The third-order valence-corrected chi connectivity index (χ3v) is 7.00. The van der Waals surface area contributed by atoms with E-state index in [-0.39, 0.29) is 48.4 Å². The summed E-state index contributed by atoms with van der Waals surface area (Å²) in [7, 11) is 0. The Bertz CT molecular complexity index is 961. The number of imide groups is 1. The summed E-state index contributed by atoms with van der Waals surface area (Å²) in [5.74, 6) is 0.852. The molecular formula is C23H29N3O5. The van der Waals surface area contributed by atoms with Gasteiger partial charge >= 0.3 is 6.03 Å². The highest BCUT2D eigenvalue weighted by atomic mass is 16.7. The van der Waals surface area contributed by atoms with Crippen LogP contribution in [-0.2, 0) is 16.1 Å². The molecule has 2 bridgehead atoms. The Kier molecular flexibility index (Phi) is 4.46. The van der Waals surface area contributed by atoms with Crippen LogP contribution in [0, 0.1) is 10.8 Å². The van der Waals surface area contributed by atoms with E-state index in [0.29, 0.717) is 11.5 Å². The molecule has 3 fully saturated rings.